The van der Waals surface area contributed by atoms with Gasteiger partial charge in [-0.1, -0.05) is 23.8 Å². The van der Waals surface area contributed by atoms with Crippen LogP contribution < -0.4 is 5.32 Å². The van der Waals surface area contributed by atoms with Gasteiger partial charge in [-0.05, 0) is 31.9 Å². The average Bonchev–Trinajstić information content (AvgIpc) is 3.08. The second kappa shape index (κ2) is 8.00. The minimum Gasteiger partial charge on any atom is -0.370 e. The SMILES string of the molecule is Cc1ccc(C)c(C2CN(C(=O)c3n[nH]c4c3CNCC4)C(C)CO2)c1.Cl. The van der Waals surface area contributed by atoms with Gasteiger partial charge in [0, 0.05) is 30.8 Å². The highest BCUT2D eigenvalue weighted by molar-refractivity contribution is 5.94. The number of fused-ring (bicyclic) bond motifs is 1. The summed E-state index contributed by atoms with van der Waals surface area (Å²) in [5.41, 5.74) is 6.23. The van der Waals surface area contributed by atoms with Crippen LogP contribution in [-0.2, 0) is 17.7 Å². The molecule has 1 fully saturated rings. The van der Waals surface area contributed by atoms with E-state index in [0.717, 1.165) is 24.2 Å². The van der Waals surface area contributed by atoms with Gasteiger partial charge >= 0.3 is 0 Å². The molecule has 2 aliphatic heterocycles. The van der Waals surface area contributed by atoms with Crippen LogP contribution in [0.15, 0.2) is 18.2 Å². The van der Waals surface area contributed by atoms with E-state index in [0.29, 0.717) is 25.4 Å². The normalized spacial score (nSPS) is 22.1. The van der Waals surface area contributed by atoms with Crippen LogP contribution in [0.1, 0.15) is 51.5 Å². The second-order valence-corrected chi connectivity index (χ2v) is 7.44. The molecular formula is C20H27ClN4O2. The molecule has 27 heavy (non-hydrogen) atoms. The standard InChI is InChI=1S/C20H26N4O2.ClH/c1-12-4-5-13(2)15(8-12)18-10-24(14(3)11-26-18)20(25)19-16-9-21-7-6-17(16)22-23-19;/h4-5,8,14,18,21H,6-7,9-11H2,1-3H3,(H,22,23);1H. The zero-order chi connectivity index (χ0) is 18.3. The number of aromatic nitrogens is 2. The Bertz CT molecular complexity index is 835. The number of hydrogen-bond acceptors (Lipinski definition) is 4. The van der Waals surface area contributed by atoms with Crippen molar-refractivity contribution >= 4 is 18.3 Å². The highest BCUT2D eigenvalue weighted by Gasteiger charge is 2.34. The smallest absolute Gasteiger partial charge is 0.275 e. The maximum Gasteiger partial charge on any atom is 0.275 e. The summed E-state index contributed by atoms with van der Waals surface area (Å²) in [6.45, 7) is 8.93. The fraction of sp³-hybridized carbons (Fsp3) is 0.500. The van der Waals surface area contributed by atoms with Gasteiger partial charge in [0.25, 0.3) is 5.91 Å². The number of ether oxygens (including phenoxy) is 1. The fourth-order valence-electron chi connectivity index (χ4n) is 3.87. The summed E-state index contributed by atoms with van der Waals surface area (Å²) in [4.78, 5) is 15.1. The molecule has 4 rings (SSSR count). The molecule has 2 N–H and O–H groups in total. The lowest BCUT2D eigenvalue weighted by molar-refractivity contribution is -0.0491. The number of nitrogens with one attached hydrogen (secondary N) is 2. The quantitative estimate of drug-likeness (QED) is 0.827. The molecule has 0 spiro atoms. The summed E-state index contributed by atoms with van der Waals surface area (Å²) in [6, 6.07) is 6.43. The highest BCUT2D eigenvalue weighted by atomic mass is 35.5. The first-order valence-corrected chi connectivity index (χ1v) is 9.31. The Balaban J connectivity index is 0.00000210. The largest absolute Gasteiger partial charge is 0.370 e. The van der Waals surface area contributed by atoms with Gasteiger partial charge < -0.3 is 15.0 Å². The van der Waals surface area contributed by atoms with Crippen LogP contribution in [0.5, 0.6) is 0 Å². The molecule has 2 unspecified atom stereocenters. The number of carbonyl (C=O) groups is 1. The maximum atomic E-state index is 13.2. The van der Waals surface area contributed by atoms with Crippen LogP contribution in [0, 0.1) is 13.8 Å². The van der Waals surface area contributed by atoms with Crippen LogP contribution in [0.4, 0.5) is 0 Å². The van der Waals surface area contributed by atoms with Crippen molar-refractivity contribution in [1.82, 2.24) is 20.4 Å². The predicted octanol–water partition coefficient (Wildman–Crippen LogP) is 2.70. The molecule has 0 radical (unpaired) electrons. The number of aryl methyl sites for hydroxylation is 2. The maximum absolute atomic E-state index is 13.2. The van der Waals surface area contributed by atoms with Crippen LogP contribution in [0.25, 0.3) is 0 Å². The Morgan fingerprint density at radius 2 is 2.15 bits per heavy atom. The van der Waals surface area contributed by atoms with Crippen molar-refractivity contribution in [3.05, 3.63) is 51.8 Å². The molecule has 2 atom stereocenters. The van der Waals surface area contributed by atoms with Gasteiger partial charge in [-0.25, -0.2) is 0 Å². The van der Waals surface area contributed by atoms with Gasteiger partial charge in [0.1, 0.15) is 6.10 Å². The van der Waals surface area contributed by atoms with E-state index in [2.05, 4.69) is 47.6 Å². The fourth-order valence-corrected chi connectivity index (χ4v) is 3.87. The Kier molecular flexibility index (Phi) is 5.89. The molecule has 1 aromatic heterocycles. The van der Waals surface area contributed by atoms with E-state index < -0.39 is 0 Å². The molecule has 0 bridgehead atoms. The van der Waals surface area contributed by atoms with E-state index in [9.17, 15) is 4.79 Å². The van der Waals surface area contributed by atoms with Crippen LogP contribution in [-0.4, -0.2) is 46.7 Å². The monoisotopic (exact) mass is 390 g/mol. The number of benzene rings is 1. The molecular weight excluding hydrogens is 364 g/mol. The average molecular weight is 391 g/mol. The van der Waals surface area contributed by atoms with Crippen molar-refractivity contribution in [1.29, 1.82) is 0 Å². The molecule has 2 aromatic rings. The molecule has 1 aromatic carbocycles. The number of H-pyrrole nitrogens is 1. The van der Waals surface area contributed by atoms with E-state index in [-0.39, 0.29) is 30.5 Å². The number of hydrogen-bond donors (Lipinski definition) is 2. The number of amides is 1. The van der Waals surface area contributed by atoms with Gasteiger partial charge in [-0.15, -0.1) is 12.4 Å². The van der Waals surface area contributed by atoms with Crippen LogP contribution in [0.3, 0.4) is 0 Å². The Morgan fingerprint density at radius 1 is 1.33 bits per heavy atom. The highest BCUT2D eigenvalue weighted by Crippen LogP contribution is 2.29. The number of carbonyl (C=O) groups excluding carboxylic acids is 1. The molecule has 2 aliphatic rings. The Labute approximate surface area is 166 Å². The molecule has 0 saturated carbocycles. The summed E-state index contributed by atoms with van der Waals surface area (Å²) in [5, 5.41) is 10.7. The van der Waals surface area contributed by atoms with Gasteiger partial charge in [-0.3, -0.25) is 9.89 Å². The predicted molar refractivity (Wildman–Crippen MR) is 106 cm³/mol. The molecule has 0 aliphatic carbocycles. The van der Waals surface area contributed by atoms with Crippen molar-refractivity contribution in [2.75, 3.05) is 19.7 Å². The minimum atomic E-state index is -0.0945. The summed E-state index contributed by atoms with van der Waals surface area (Å²) in [7, 11) is 0. The number of nitrogens with zero attached hydrogens (tertiary/aromatic N) is 2. The lowest BCUT2D eigenvalue weighted by Crippen LogP contribution is -2.48. The minimum absolute atomic E-state index is 0. The van der Waals surface area contributed by atoms with Gasteiger partial charge in [-0.2, -0.15) is 5.10 Å². The van der Waals surface area contributed by atoms with E-state index in [1.807, 2.05) is 11.8 Å². The summed E-state index contributed by atoms with van der Waals surface area (Å²) >= 11 is 0. The number of aromatic amines is 1. The third-order valence-electron chi connectivity index (χ3n) is 5.48. The van der Waals surface area contributed by atoms with Crippen molar-refractivity contribution < 1.29 is 9.53 Å². The summed E-state index contributed by atoms with van der Waals surface area (Å²) < 4.78 is 6.09. The lowest BCUT2D eigenvalue weighted by atomic mass is 9.98. The zero-order valence-electron chi connectivity index (χ0n) is 16.0. The van der Waals surface area contributed by atoms with Gasteiger partial charge in [0.05, 0.1) is 19.2 Å². The van der Waals surface area contributed by atoms with Gasteiger partial charge in [0.2, 0.25) is 0 Å². The first kappa shape index (κ1) is 19.9. The first-order chi connectivity index (χ1) is 12.5. The molecule has 1 saturated heterocycles. The summed E-state index contributed by atoms with van der Waals surface area (Å²) in [6.07, 6.45) is 0.794. The molecule has 3 heterocycles. The van der Waals surface area contributed by atoms with Crippen molar-refractivity contribution in [2.24, 2.45) is 0 Å². The Hall–Kier alpha value is -1.89. The number of rotatable bonds is 2. The van der Waals surface area contributed by atoms with Crippen molar-refractivity contribution in [3.63, 3.8) is 0 Å². The van der Waals surface area contributed by atoms with E-state index >= 15 is 0 Å². The molecule has 146 valence electrons. The molecule has 6 nitrogen and oxygen atoms in total. The van der Waals surface area contributed by atoms with Crippen molar-refractivity contribution in [2.45, 2.75) is 45.9 Å². The lowest BCUT2D eigenvalue weighted by Gasteiger charge is -2.38. The van der Waals surface area contributed by atoms with Gasteiger partial charge in [0.15, 0.2) is 5.69 Å². The van der Waals surface area contributed by atoms with Crippen molar-refractivity contribution in [3.8, 4) is 0 Å². The third-order valence-corrected chi connectivity index (χ3v) is 5.48. The molecule has 1 amide bonds. The Morgan fingerprint density at radius 3 is 2.96 bits per heavy atom. The summed E-state index contributed by atoms with van der Waals surface area (Å²) in [5.74, 6) is -0.00249. The number of halogens is 1. The molecule has 7 heteroatoms. The van der Waals surface area contributed by atoms with E-state index in [4.69, 9.17) is 4.74 Å². The third kappa shape index (κ3) is 3.74. The van der Waals surface area contributed by atoms with Crippen LogP contribution in [0.2, 0.25) is 0 Å². The zero-order valence-corrected chi connectivity index (χ0v) is 16.9. The van der Waals surface area contributed by atoms with E-state index in [1.165, 1.54) is 16.7 Å². The van der Waals surface area contributed by atoms with Crippen LogP contribution >= 0.6 is 12.4 Å². The first-order valence-electron chi connectivity index (χ1n) is 9.31. The van der Waals surface area contributed by atoms with E-state index in [1.54, 1.807) is 0 Å². The number of morpholine rings is 1. The second-order valence-electron chi connectivity index (χ2n) is 7.44. The topological polar surface area (TPSA) is 70.2 Å².